The van der Waals surface area contributed by atoms with Gasteiger partial charge in [0, 0.05) is 64.8 Å². The zero-order valence-corrected chi connectivity index (χ0v) is 20.3. The van der Waals surface area contributed by atoms with Crippen molar-refractivity contribution in [2.24, 2.45) is 4.99 Å². The molecule has 30 heavy (non-hydrogen) atoms. The quantitative estimate of drug-likeness (QED) is 0.168. The summed E-state index contributed by atoms with van der Waals surface area (Å²) < 4.78 is 15.8. The van der Waals surface area contributed by atoms with Crippen molar-refractivity contribution in [3.8, 4) is 5.75 Å². The highest BCUT2D eigenvalue weighted by molar-refractivity contribution is 14.0. The molecule has 0 spiro atoms. The Morgan fingerprint density at radius 1 is 0.933 bits per heavy atom. The third kappa shape index (κ3) is 10.1. The van der Waals surface area contributed by atoms with Gasteiger partial charge in [-0.25, -0.2) is 0 Å². The van der Waals surface area contributed by atoms with Crippen LogP contribution in [-0.2, 0) is 16.0 Å². The summed E-state index contributed by atoms with van der Waals surface area (Å²) in [5.74, 6) is 1.52. The number of anilines is 2. The fraction of sp³-hybridized carbons (Fsp3) is 0.409. The van der Waals surface area contributed by atoms with Crippen LogP contribution in [0.4, 0.5) is 11.4 Å². The molecule has 166 valence electrons. The SMILES string of the molecule is CN=C(NCc1ccc(NCCOC)cc1)Nc1cccc(OCCCOC)c1.I. The van der Waals surface area contributed by atoms with Crippen molar-refractivity contribution in [2.75, 3.05) is 58.3 Å². The number of halogens is 1. The van der Waals surface area contributed by atoms with Gasteiger partial charge in [-0.3, -0.25) is 4.99 Å². The minimum atomic E-state index is 0. The molecular formula is C22H33IN4O3. The van der Waals surface area contributed by atoms with Gasteiger partial charge < -0.3 is 30.2 Å². The maximum absolute atomic E-state index is 5.75. The van der Waals surface area contributed by atoms with Crippen LogP contribution >= 0.6 is 24.0 Å². The molecule has 0 saturated carbocycles. The van der Waals surface area contributed by atoms with Gasteiger partial charge in [0.1, 0.15) is 5.75 Å². The maximum Gasteiger partial charge on any atom is 0.195 e. The van der Waals surface area contributed by atoms with Gasteiger partial charge in [0.05, 0.1) is 13.2 Å². The summed E-state index contributed by atoms with van der Waals surface area (Å²) in [5, 5.41) is 9.93. The van der Waals surface area contributed by atoms with Crippen LogP contribution in [0.3, 0.4) is 0 Å². The predicted molar refractivity (Wildman–Crippen MR) is 134 cm³/mol. The maximum atomic E-state index is 5.75. The van der Waals surface area contributed by atoms with Gasteiger partial charge in [-0.1, -0.05) is 18.2 Å². The van der Waals surface area contributed by atoms with Crippen LogP contribution in [-0.4, -0.2) is 53.6 Å². The Morgan fingerprint density at radius 2 is 1.70 bits per heavy atom. The molecule has 2 rings (SSSR count). The number of ether oxygens (including phenoxy) is 3. The summed E-state index contributed by atoms with van der Waals surface area (Å²) in [6, 6.07) is 16.1. The van der Waals surface area contributed by atoms with Crippen LogP contribution in [0.2, 0.25) is 0 Å². The monoisotopic (exact) mass is 528 g/mol. The molecule has 0 aliphatic rings. The molecule has 0 heterocycles. The molecule has 3 N–H and O–H groups in total. The molecule has 0 aliphatic carbocycles. The van der Waals surface area contributed by atoms with Gasteiger partial charge >= 0.3 is 0 Å². The van der Waals surface area contributed by atoms with E-state index >= 15 is 0 Å². The Hall–Kier alpha value is -2.04. The van der Waals surface area contributed by atoms with E-state index in [1.165, 1.54) is 5.56 Å². The van der Waals surface area contributed by atoms with Crippen molar-refractivity contribution in [3.63, 3.8) is 0 Å². The largest absolute Gasteiger partial charge is 0.493 e. The van der Waals surface area contributed by atoms with Gasteiger partial charge in [0.2, 0.25) is 0 Å². The molecule has 2 aromatic rings. The fourth-order valence-electron chi connectivity index (χ4n) is 2.60. The van der Waals surface area contributed by atoms with E-state index in [1.54, 1.807) is 21.3 Å². The predicted octanol–water partition coefficient (Wildman–Crippen LogP) is 3.97. The number of nitrogens with one attached hydrogen (secondary N) is 3. The Morgan fingerprint density at radius 3 is 2.40 bits per heavy atom. The first-order valence-corrected chi connectivity index (χ1v) is 9.76. The number of benzene rings is 2. The second-order valence-corrected chi connectivity index (χ2v) is 6.39. The average Bonchev–Trinajstić information content (AvgIpc) is 2.75. The van der Waals surface area contributed by atoms with Gasteiger partial charge in [-0.2, -0.15) is 0 Å². The number of hydrogen-bond donors (Lipinski definition) is 3. The molecule has 8 heteroatoms. The smallest absolute Gasteiger partial charge is 0.195 e. The van der Waals surface area contributed by atoms with Crippen LogP contribution in [0.5, 0.6) is 5.75 Å². The van der Waals surface area contributed by atoms with Crippen molar-refractivity contribution in [3.05, 3.63) is 54.1 Å². The number of rotatable bonds is 12. The van der Waals surface area contributed by atoms with E-state index in [-0.39, 0.29) is 24.0 Å². The zero-order chi connectivity index (χ0) is 20.7. The van der Waals surface area contributed by atoms with E-state index in [0.717, 1.165) is 30.1 Å². The Balaban J connectivity index is 0.00000450. The lowest BCUT2D eigenvalue weighted by molar-refractivity contribution is 0.172. The molecule has 0 aliphatic heterocycles. The van der Waals surface area contributed by atoms with Crippen LogP contribution in [0, 0.1) is 0 Å². The molecule has 7 nitrogen and oxygen atoms in total. The van der Waals surface area contributed by atoms with Gasteiger partial charge in [-0.05, 0) is 29.8 Å². The third-order valence-corrected chi connectivity index (χ3v) is 4.13. The Kier molecular flexibility index (Phi) is 13.7. The lowest BCUT2D eigenvalue weighted by atomic mass is 10.2. The molecule has 0 bridgehead atoms. The van der Waals surface area contributed by atoms with Crippen molar-refractivity contribution in [2.45, 2.75) is 13.0 Å². The summed E-state index contributed by atoms with van der Waals surface area (Å²) >= 11 is 0. The van der Waals surface area contributed by atoms with Crippen LogP contribution in [0.15, 0.2) is 53.5 Å². The molecular weight excluding hydrogens is 495 g/mol. The van der Waals surface area contributed by atoms with Crippen molar-refractivity contribution in [1.29, 1.82) is 0 Å². The topological polar surface area (TPSA) is 76.1 Å². The lowest BCUT2D eigenvalue weighted by Crippen LogP contribution is -2.30. The molecule has 0 atom stereocenters. The molecule has 0 amide bonds. The number of hydrogen-bond acceptors (Lipinski definition) is 5. The number of guanidine groups is 1. The second kappa shape index (κ2) is 15.8. The third-order valence-electron chi connectivity index (χ3n) is 4.13. The van der Waals surface area contributed by atoms with Crippen molar-refractivity contribution in [1.82, 2.24) is 5.32 Å². The minimum Gasteiger partial charge on any atom is -0.493 e. The summed E-state index contributed by atoms with van der Waals surface area (Å²) in [6.45, 7) is 3.47. The van der Waals surface area contributed by atoms with Crippen molar-refractivity contribution >= 4 is 41.3 Å². The van der Waals surface area contributed by atoms with Crippen molar-refractivity contribution < 1.29 is 14.2 Å². The highest BCUT2D eigenvalue weighted by atomic mass is 127. The first kappa shape index (κ1) is 26.0. The lowest BCUT2D eigenvalue weighted by Gasteiger charge is -2.14. The van der Waals surface area contributed by atoms with Crippen LogP contribution < -0.4 is 20.7 Å². The average molecular weight is 528 g/mol. The highest BCUT2D eigenvalue weighted by Crippen LogP contribution is 2.17. The van der Waals surface area contributed by atoms with E-state index in [4.69, 9.17) is 14.2 Å². The molecule has 0 fully saturated rings. The van der Waals surface area contributed by atoms with E-state index in [9.17, 15) is 0 Å². The standard InChI is InChI=1S/C22H32N4O3.HI/c1-23-22(25-17-18-8-10-19(11-9-18)24-12-15-28-3)26-20-6-4-7-21(16-20)29-14-5-13-27-2;/h4,6-11,16,24H,5,12-15,17H2,1-3H3,(H2,23,25,26);1H. The van der Waals surface area contributed by atoms with E-state index in [0.29, 0.717) is 32.3 Å². The molecule has 0 aromatic heterocycles. The second-order valence-electron chi connectivity index (χ2n) is 6.39. The van der Waals surface area contributed by atoms with Crippen LogP contribution in [0.25, 0.3) is 0 Å². The molecule has 2 aromatic carbocycles. The summed E-state index contributed by atoms with van der Waals surface area (Å²) in [4.78, 5) is 4.29. The molecule has 0 unspecified atom stereocenters. The Bertz CT molecular complexity index is 741. The Labute approximate surface area is 196 Å². The normalized spacial score (nSPS) is 10.8. The highest BCUT2D eigenvalue weighted by Gasteiger charge is 2.02. The van der Waals surface area contributed by atoms with E-state index in [1.807, 2.05) is 24.3 Å². The fourth-order valence-corrected chi connectivity index (χ4v) is 2.60. The molecule has 0 saturated heterocycles. The summed E-state index contributed by atoms with van der Waals surface area (Å²) in [5.41, 5.74) is 3.16. The number of methoxy groups -OCH3 is 2. The summed E-state index contributed by atoms with van der Waals surface area (Å²) in [7, 11) is 5.14. The van der Waals surface area contributed by atoms with Gasteiger partial charge in [-0.15, -0.1) is 24.0 Å². The first-order chi connectivity index (χ1) is 14.2. The van der Waals surface area contributed by atoms with Gasteiger partial charge in [0.15, 0.2) is 5.96 Å². The number of aliphatic imine (C=N–C) groups is 1. The van der Waals surface area contributed by atoms with Gasteiger partial charge in [0.25, 0.3) is 0 Å². The van der Waals surface area contributed by atoms with Crippen LogP contribution in [0.1, 0.15) is 12.0 Å². The summed E-state index contributed by atoms with van der Waals surface area (Å²) in [6.07, 6.45) is 0.859. The van der Waals surface area contributed by atoms with E-state index < -0.39 is 0 Å². The minimum absolute atomic E-state index is 0. The zero-order valence-electron chi connectivity index (χ0n) is 17.9. The molecule has 0 radical (unpaired) electrons. The first-order valence-electron chi connectivity index (χ1n) is 9.76. The van der Waals surface area contributed by atoms with E-state index in [2.05, 4.69) is 45.2 Å². The number of nitrogens with zero attached hydrogens (tertiary/aromatic N) is 1.